The molecule has 0 saturated heterocycles. The van der Waals surface area contributed by atoms with Crippen LogP contribution in [-0.4, -0.2) is 78.2 Å². The Kier molecular flexibility index (Phi) is 11.3. The maximum atomic E-state index is 13.6. The molecular formula is C24H36N4O8. The van der Waals surface area contributed by atoms with E-state index in [1.165, 1.54) is 0 Å². The van der Waals surface area contributed by atoms with Gasteiger partial charge in [-0.3, -0.25) is 19.2 Å². The molecule has 5 N–H and O–H groups in total. The van der Waals surface area contributed by atoms with Crippen LogP contribution in [0.2, 0.25) is 0 Å². The van der Waals surface area contributed by atoms with Gasteiger partial charge in [0.05, 0.1) is 20.1 Å². The van der Waals surface area contributed by atoms with Gasteiger partial charge >= 0.3 is 12.1 Å². The van der Waals surface area contributed by atoms with Crippen LogP contribution in [0, 0.1) is 13.8 Å². The third-order valence-electron chi connectivity index (χ3n) is 4.94. The van der Waals surface area contributed by atoms with Crippen LogP contribution in [0.25, 0.3) is 0 Å². The monoisotopic (exact) mass is 508 g/mol. The molecule has 200 valence electrons. The molecule has 0 bridgehead atoms. The SMILES string of the molecule is COC(=O)CNC(=O)C(c1cc(C)ccc1C)N(CCO)C(=O)C(CC(N)=O)NC(=O)OC(C)(C)C. The van der Waals surface area contributed by atoms with Gasteiger partial charge in [-0.2, -0.15) is 0 Å². The number of ether oxygens (including phenoxy) is 2. The normalized spacial score (nSPS) is 12.6. The van der Waals surface area contributed by atoms with Crippen molar-refractivity contribution in [2.24, 2.45) is 5.73 Å². The number of nitrogens with one attached hydrogen (secondary N) is 2. The molecular weight excluding hydrogens is 472 g/mol. The summed E-state index contributed by atoms with van der Waals surface area (Å²) in [7, 11) is 1.16. The van der Waals surface area contributed by atoms with Gasteiger partial charge in [0.2, 0.25) is 17.7 Å². The minimum Gasteiger partial charge on any atom is -0.468 e. The minimum atomic E-state index is -1.48. The van der Waals surface area contributed by atoms with E-state index in [2.05, 4.69) is 15.4 Å². The number of primary amides is 1. The van der Waals surface area contributed by atoms with E-state index in [1.54, 1.807) is 46.8 Å². The average molecular weight is 509 g/mol. The number of aryl methyl sites for hydroxylation is 2. The Labute approximate surface area is 210 Å². The van der Waals surface area contributed by atoms with E-state index in [4.69, 9.17) is 10.5 Å². The van der Waals surface area contributed by atoms with E-state index in [0.717, 1.165) is 17.6 Å². The van der Waals surface area contributed by atoms with E-state index in [0.29, 0.717) is 11.1 Å². The third-order valence-corrected chi connectivity index (χ3v) is 4.94. The molecule has 0 aliphatic heterocycles. The lowest BCUT2D eigenvalue weighted by molar-refractivity contribution is -0.145. The Morgan fingerprint density at radius 3 is 2.31 bits per heavy atom. The van der Waals surface area contributed by atoms with Crippen LogP contribution in [0.4, 0.5) is 4.79 Å². The van der Waals surface area contributed by atoms with E-state index in [1.807, 2.05) is 6.07 Å². The van der Waals surface area contributed by atoms with Crippen molar-refractivity contribution in [2.75, 3.05) is 26.8 Å². The Hall–Kier alpha value is -3.67. The summed E-state index contributed by atoms with van der Waals surface area (Å²) in [4.78, 5) is 63.7. The number of nitrogens with zero attached hydrogens (tertiary/aromatic N) is 1. The minimum absolute atomic E-state index is 0.326. The van der Waals surface area contributed by atoms with Gasteiger partial charge in [0.15, 0.2) is 0 Å². The number of benzene rings is 1. The number of rotatable bonds is 11. The summed E-state index contributed by atoms with van der Waals surface area (Å²) in [5.74, 6) is -3.17. The molecule has 0 heterocycles. The maximum absolute atomic E-state index is 13.6. The number of carbonyl (C=O) groups excluding carboxylic acids is 5. The second-order valence-corrected chi connectivity index (χ2v) is 9.18. The number of aliphatic hydroxyl groups is 1. The first-order valence-electron chi connectivity index (χ1n) is 11.3. The first kappa shape index (κ1) is 30.4. The maximum Gasteiger partial charge on any atom is 0.408 e. The predicted octanol–water partition coefficient (Wildman–Crippen LogP) is 0.223. The molecule has 2 unspecified atom stereocenters. The van der Waals surface area contributed by atoms with Gasteiger partial charge in [-0.05, 0) is 45.7 Å². The molecule has 0 saturated carbocycles. The van der Waals surface area contributed by atoms with Crippen molar-refractivity contribution in [1.82, 2.24) is 15.5 Å². The largest absolute Gasteiger partial charge is 0.468 e. The highest BCUT2D eigenvalue weighted by atomic mass is 16.6. The van der Waals surface area contributed by atoms with Crippen molar-refractivity contribution >= 4 is 29.8 Å². The van der Waals surface area contributed by atoms with Gasteiger partial charge in [-0.1, -0.05) is 23.8 Å². The van der Waals surface area contributed by atoms with E-state index in [-0.39, 0.29) is 6.54 Å². The molecule has 0 aliphatic rings. The number of amides is 4. The Morgan fingerprint density at radius 2 is 1.78 bits per heavy atom. The zero-order valence-corrected chi connectivity index (χ0v) is 21.5. The lowest BCUT2D eigenvalue weighted by atomic mass is 9.96. The fourth-order valence-corrected chi connectivity index (χ4v) is 3.36. The molecule has 36 heavy (non-hydrogen) atoms. The summed E-state index contributed by atoms with van der Waals surface area (Å²) in [5.41, 5.74) is 6.30. The summed E-state index contributed by atoms with van der Waals surface area (Å²) in [6.07, 6.45) is -1.55. The van der Waals surface area contributed by atoms with E-state index < -0.39 is 67.0 Å². The first-order chi connectivity index (χ1) is 16.7. The second-order valence-electron chi connectivity index (χ2n) is 9.18. The highest BCUT2D eigenvalue weighted by Gasteiger charge is 2.37. The molecule has 0 radical (unpaired) electrons. The fourth-order valence-electron chi connectivity index (χ4n) is 3.36. The molecule has 12 nitrogen and oxygen atoms in total. The molecule has 12 heteroatoms. The third kappa shape index (κ3) is 9.53. The molecule has 1 aromatic rings. The van der Waals surface area contributed by atoms with Crippen LogP contribution >= 0.6 is 0 Å². The first-order valence-corrected chi connectivity index (χ1v) is 11.3. The Balaban J connectivity index is 3.51. The number of alkyl carbamates (subject to hydrolysis) is 1. The fraction of sp³-hybridized carbons (Fsp3) is 0.542. The zero-order chi connectivity index (χ0) is 27.6. The molecule has 0 fully saturated rings. The number of hydrogen-bond acceptors (Lipinski definition) is 8. The Bertz CT molecular complexity index is 973. The summed E-state index contributed by atoms with van der Waals surface area (Å²) in [6.45, 7) is 7.08. The number of hydrogen-bond donors (Lipinski definition) is 4. The standard InChI is InChI=1S/C24H36N4O8/c1-14-7-8-15(2)16(11-14)20(21(32)26-13-19(31)35-6)28(9-10-29)22(33)17(12-18(25)30)27-23(34)36-24(3,4)5/h7-8,11,17,20,29H,9-10,12-13H2,1-6H3,(H2,25,30)(H,26,32)(H,27,34). The summed E-state index contributed by atoms with van der Waals surface area (Å²) in [5, 5.41) is 14.5. The second kappa shape index (κ2) is 13.4. The molecule has 0 aromatic heterocycles. The topological polar surface area (TPSA) is 177 Å². The predicted molar refractivity (Wildman–Crippen MR) is 129 cm³/mol. The van der Waals surface area contributed by atoms with Crippen LogP contribution in [0.15, 0.2) is 18.2 Å². The van der Waals surface area contributed by atoms with Gasteiger partial charge in [0.25, 0.3) is 0 Å². The lowest BCUT2D eigenvalue weighted by Crippen LogP contribution is -2.55. The van der Waals surface area contributed by atoms with Crippen molar-refractivity contribution in [2.45, 2.75) is 58.7 Å². The summed E-state index contributed by atoms with van der Waals surface area (Å²) < 4.78 is 9.75. The van der Waals surface area contributed by atoms with Crippen LogP contribution in [0.3, 0.4) is 0 Å². The summed E-state index contributed by atoms with van der Waals surface area (Å²) in [6, 6.07) is 2.47. The number of esters is 1. The molecule has 2 atom stereocenters. The van der Waals surface area contributed by atoms with Crippen LogP contribution in [-0.2, 0) is 28.7 Å². The number of carbonyl (C=O) groups is 5. The van der Waals surface area contributed by atoms with Crippen LogP contribution in [0.1, 0.15) is 49.9 Å². The molecule has 0 spiro atoms. The number of aliphatic hydroxyl groups excluding tert-OH is 1. The Morgan fingerprint density at radius 1 is 1.14 bits per heavy atom. The van der Waals surface area contributed by atoms with Crippen molar-refractivity contribution in [3.05, 3.63) is 34.9 Å². The van der Waals surface area contributed by atoms with Crippen molar-refractivity contribution in [3.63, 3.8) is 0 Å². The van der Waals surface area contributed by atoms with Crippen LogP contribution in [0.5, 0.6) is 0 Å². The highest BCUT2D eigenvalue weighted by molar-refractivity contribution is 5.95. The summed E-state index contributed by atoms with van der Waals surface area (Å²) >= 11 is 0. The highest BCUT2D eigenvalue weighted by Crippen LogP contribution is 2.27. The van der Waals surface area contributed by atoms with E-state index in [9.17, 15) is 29.1 Å². The molecule has 0 aliphatic carbocycles. The van der Waals surface area contributed by atoms with Gasteiger partial charge < -0.3 is 35.8 Å². The molecule has 1 aromatic carbocycles. The van der Waals surface area contributed by atoms with Gasteiger partial charge in [-0.15, -0.1) is 0 Å². The number of methoxy groups -OCH3 is 1. The molecule has 4 amide bonds. The van der Waals surface area contributed by atoms with Gasteiger partial charge in [-0.25, -0.2) is 4.79 Å². The number of nitrogens with two attached hydrogens (primary N) is 1. The van der Waals surface area contributed by atoms with Crippen molar-refractivity contribution < 1.29 is 38.6 Å². The van der Waals surface area contributed by atoms with Crippen molar-refractivity contribution in [1.29, 1.82) is 0 Å². The quantitative estimate of drug-likeness (QED) is 0.307. The smallest absolute Gasteiger partial charge is 0.408 e. The van der Waals surface area contributed by atoms with Crippen LogP contribution < -0.4 is 16.4 Å². The van der Waals surface area contributed by atoms with Crippen molar-refractivity contribution in [3.8, 4) is 0 Å². The van der Waals surface area contributed by atoms with E-state index >= 15 is 0 Å². The average Bonchev–Trinajstić information content (AvgIpc) is 2.76. The van der Waals surface area contributed by atoms with Gasteiger partial charge in [0, 0.05) is 6.54 Å². The van der Waals surface area contributed by atoms with Gasteiger partial charge in [0.1, 0.15) is 24.2 Å². The zero-order valence-electron chi connectivity index (χ0n) is 21.5. The lowest BCUT2D eigenvalue weighted by Gasteiger charge is -2.34. The molecule has 1 rings (SSSR count).